The normalized spacial score (nSPS) is 22.5. The van der Waals surface area contributed by atoms with Gasteiger partial charge in [-0.2, -0.15) is 0 Å². The zero-order valence-electron chi connectivity index (χ0n) is 15.1. The van der Waals surface area contributed by atoms with E-state index in [1.165, 1.54) is 0 Å². The molecule has 22 heavy (non-hydrogen) atoms. The minimum absolute atomic E-state index is 0.0543. The molecule has 4 heteroatoms. The van der Waals surface area contributed by atoms with Crippen LogP contribution in [0.5, 0.6) is 0 Å². The predicted molar refractivity (Wildman–Crippen MR) is 88.6 cm³/mol. The summed E-state index contributed by atoms with van der Waals surface area (Å²) in [4.78, 5) is 29.1. The Bertz CT molecular complexity index is 431. The molecule has 2 aliphatic rings. The van der Waals surface area contributed by atoms with Crippen molar-refractivity contribution in [2.45, 2.75) is 59.9 Å². The molecule has 2 heterocycles. The summed E-state index contributed by atoms with van der Waals surface area (Å²) in [6.45, 7) is 15.8. The highest BCUT2D eigenvalue weighted by atomic mass is 16.2. The minimum atomic E-state index is -0.294. The first-order valence-electron chi connectivity index (χ1n) is 8.58. The van der Waals surface area contributed by atoms with Gasteiger partial charge < -0.3 is 4.90 Å². The third-order valence-electron chi connectivity index (χ3n) is 5.10. The van der Waals surface area contributed by atoms with Crippen LogP contribution in [0, 0.1) is 17.3 Å². The Morgan fingerprint density at radius 1 is 0.864 bits per heavy atom. The summed E-state index contributed by atoms with van der Waals surface area (Å²) in [5.74, 6) is 0.772. The summed E-state index contributed by atoms with van der Waals surface area (Å²) in [6.07, 6.45) is 1.90. The van der Waals surface area contributed by atoms with Gasteiger partial charge in [-0.3, -0.25) is 14.5 Å². The molecule has 1 amide bonds. The molecule has 126 valence electrons. The van der Waals surface area contributed by atoms with Crippen LogP contribution < -0.4 is 0 Å². The SMILES string of the molecule is CC(C)(C)C(=O)C1CN(C(=O)C2CCN(C(C)(C)C)CC2)C1. The Balaban J connectivity index is 1.80. The van der Waals surface area contributed by atoms with Crippen molar-refractivity contribution >= 4 is 11.7 Å². The van der Waals surface area contributed by atoms with Crippen LogP contribution in [0.4, 0.5) is 0 Å². The van der Waals surface area contributed by atoms with Crippen molar-refractivity contribution < 1.29 is 9.59 Å². The van der Waals surface area contributed by atoms with Gasteiger partial charge in [-0.25, -0.2) is 0 Å². The Kier molecular flexibility index (Phi) is 4.72. The lowest BCUT2D eigenvalue weighted by molar-refractivity contribution is -0.149. The van der Waals surface area contributed by atoms with E-state index >= 15 is 0 Å². The standard InChI is InChI=1S/C18H32N2O2/c1-17(2,3)15(21)14-11-19(12-14)16(22)13-7-9-20(10-8-13)18(4,5)6/h13-14H,7-12H2,1-6H3. The molecule has 0 aliphatic carbocycles. The van der Waals surface area contributed by atoms with E-state index in [9.17, 15) is 9.59 Å². The fourth-order valence-electron chi connectivity index (χ4n) is 3.49. The summed E-state index contributed by atoms with van der Waals surface area (Å²) in [5, 5.41) is 0. The van der Waals surface area contributed by atoms with E-state index in [1.807, 2.05) is 25.7 Å². The van der Waals surface area contributed by atoms with Crippen molar-refractivity contribution in [2.24, 2.45) is 17.3 Å². The monoisotopic (exact) mass is 308 g/mol. The van der Waals surface area contributed by atoms with Gasteiger partial charge in [0.2, 0.25) is 5.91 Å². The number of piperidine rings is 1. The van der Waals surface area contributed by atoms with E-state index in [-0.39, 0.29) is 28.7 Å². The topological polar surface area (TPSA) is 40.6 Å². The molecule has 0 N–H and O–H groups in total. The quantitative estimate of drug-likeness (QED) is 0.787. The molecule has 2 saturated heterocycles. The zero-order chi connectivity index (χ0) is 16.7. The van der Waals surface area contributed by atoms with Gasteiger partial charge in [-0.15, -0.1) is 0 Å². The second-order valence-electron chi connectivity index (χ2n) is 8.99. The molecule has 0 aromatic carbocycles. The number of ketones is 1. The average molecular weight is 308 g/mol. The smallest absolute Gasteiger partial charge is 0.225 e. The molecule has 0 aromatic heterocycles. The van der Waals surface area contributed by atoms with Crippen molar-refractivity contribution in [1.29, 1.82) is 0 Å². The molecule has 0 saturated carbocycles. The molecule has 4 nitrogen and oxygen atoms in total. The highest BCUT2D eigenvalue weighted by Gasteiger charge is 2.42. The lowest BCUT2D eigenvalue weighted by Gasteiger charge is -2.45. The molecule has 0 unspecified atom stereocenters. The van der Waals surface area contributed by atoms with Crippen molar-refractivity contribution in [3.63, 3.8) is 0 Å². The number of carbonyl (C=O) groups is 2. The maximum absolute atomic E-state index is 12.6. The van der Waals surface area contributed by atoms with Gasteiger partial charge in [0.25, 0.3) is 0 Å². The first-order chi connectivity index (χ1) is 10.00. The summed E-state index contributed by atoms with van der Waals surface area (Å²) < 4.78 is 0. The second-order valence-corrected chi connectivity index (χ2v) is 8.99. The van der Waals surface area contributed by atoms with Gasteiger partial charge in [0.05, 0.1) is 5.92 Å². The summed E-state index contributed by atoms with van der Waals surface area (Å²) in [5.41, 5.74) is -0.104. The highest BCUT2D eigenvalue weighted by molar-refractivity contribution is 5.89. The van der Waals surface area contributed by atoms with Crippen LogP contribution in [0.15, 0.2) is 0 Å². The lowest BCUT2D eigenvalue weighted by atomic mass is 9.79. The summed E-state index contributed by atoms with van der Waals surface area (Å²) in [6, 6.07) is 0. The molecule has 2 fully saturated rings. The van der Waals surface area contributed by atoms with Crippen LogP contribution in [0.3, 0.4) is 0 Å². The van der Waals surface area contributed by atoms with Crippen LogP contribution in [0.2, 0.25) is 0 Å². The van der Waals surface area contributed by atoms with Gasteiger partial charge in [-0.05, 0) is 46.7 Å². The number of rotatable bonds is 2. The van der Waals surface area contributed by atoms with E-state index in [1.54, 1.807) is 0 Å². The van der Waals surface area contributed by atoms with Gasteiger partial charge in [0.1, 0.15) is 5.78 Å². The maximum atomic E-state index is 12.6. The first kappa shape index (κ1) is 17.5. The van der Waals surface area contributed by atoms with E-state index in [2.05, 4.69) is 25.7 Å². The number of hydrogen-bond acceptors (Lipinski definition) is 3. The molecule has 0 atom stereocenters. The Hall–Kier alpha value is -0.900. The van der Waals surface area contributed by atoms with Crippen LogP contribution in [0.25, 0.3) is 0 Å². The van der Waals surface area contributed by atoms with Crippen molar-refractivity contribution in [3.05, 3.63) is 0 Å². The van der Waals surface area contributed by atoms with E-state index in [4.69, 9.17) is 0 Å². The largest absolute Gasteiger partial charge is 0.341 e. The summed E-state index contributed by atoms with van der Waals surface area (Å²) in [7, 11) is 0. The first-order valence-corrected chi connectivity index (χ1v) is 8.58. The van der Waals surface area contributed by atoms with E-state index in [0.717, 1.165) is 25.9 Å². The average Bonchev–Trinajstić information content (AvgIpc) is 2.34. The molecule has 0 aromatic rings. The van der Waals surface area contributed by atoms with Crippen molar-refractivity contribution in [2.75, 3.05) is 26.2 Å². The van der Waals surface area contributed by atoms with Crippen LogP contribution >= 0.6 is 0 Å². The van der Waals surface area contributed by atoms with Crippen molar-refractivity contribution in [3.8, 4) is 0 Å². The number of carbonyl (C=O) groups excluding carboxylic acids is 2. The number of likely N-dealkylation sites (tertiary alicyclic amines) is 2. The molecule has 0 radical (unpaired) electrons. The second kappa shape index (κ2) is 5.95. The molecular formula is C18H32N2O2. The fraction of sp³-hybridized carbons (Fsp3) is 0.889. The molecule has 2 aliphatic heterocycles. The van der Waals surface area contributed by atoms with Gasteiger partial charge in [0.15, 0.2) is 0 Å². The maximum Gasteiger partial charge on any atom is 0.225 e. The van der Waals surface area contributed by atoms with Crippen LogP contribution in [0.1, 0.15) is 54.4 Å². The molecular weight excluding hydrogens is 276 g/mol. The fourth-order valence-corrected chi connectivity index (χ4v) is 3.49. The number of nitrogens with zero attached hydrogens (tertiary/aromatic N) is 2. The number of amides is 1. The highest BCUT2D eigenvalue weighted by Crippen LogP contribution is 2.30. The van der Waals surface area contributed by atoms with E-state index < -0.39 is 0 Å². The number of Topliss-reactive ketones (excluding diaryl/α,β-unsaturated/α-hetero) is 1. The summed E-state index contributed by atoms with van der Waals surface area (Å²) >= 11 is 0. The van der Waals surface area contributed by atoms with Gasteiger partial charge in [0, 0.05) is 30.0 Å². The molecule has 0 spiro atoms. The Morgan fingerprint density at radius 2 is 1.36 bits per heavy atom. The third kappa shape index (κ3) is 3.70. The Labute approximate surface area is 135 Å². The van der Waals surface area contributed by atoms with Crippen molar-refractivity contribution in [1.82, 2.24) is 9.80 Å². The van der Waals surface area contributed by atoms with Crippen LogP contribution in [-0.4, -0.2) is 53.2 Å². The number of hydrogen-bond donors (Lipinski definition) is 0. The zero-order valence-corrected chi connectivity index (χ0v) is 15.1. The van der Waals surface area contributed by atoms with Crippen LogP contribution in [-0.2, 0) is 9.59 Å². The molecule has 2 rings (SSSR count). The lowest BCUT2D eigenvalue weighted by Crippen LogP contribution is -2.57. The van der Waals surface area contributed by atoms with Gasteiger partial charge in [-0.1, -0.05) is 20.8 Å². The predicted octanol–water partition coefficient (Wildman–Crippen LogP) is 2.57. The minimum Gasteiger partial charge on any atom is -0.341 e. The van der Waals surface area contributed by atoms with E-state index in [0.29, 0.717) is 18.9 Å². The van der Waals surface area contributed by atoms with Gasteiger partial charge >= 0.3 is 0 Å². The third-order valence-corrected chi connectivity index (χ3v) is 5.10. The molecule has 0 bridgehead atoms. The Morgan fingerprint density at radius 3 is 1.77 bits per heavy atom.